The molecule has 0 aliphatic carbocycles. The average Bonchev–Trinajstić information content (AvgIpc) is 3.57. The summed E-state index contributed by atoms with van der Waals surface area (Å²) in [6.45, 7) is 1.89. The zero-order chi connectivity index (χ0) is 21.9. The number of fused-ring (bicyclic) bond motifs is 1. The summed E-state index contributed by atoms with van der Waals surface area (Å²) < 4.78 is 3.70. The van der Waals surface area contributed by atoms with Gasteiger partial charge in [-0.2, -0.15) is 5.10 Å². The lowest BCUT2D eigenvalue weighted by molar-refractivity contribution is -0.117. The topological polar surface area (TPSA) is 77.1 Å². The van der Waals surface area contributed by atoms with Crippen molar-refractivity contribution >= 4 is 29.0 Å². The van der Waals surface area contributed by atoms with E-state index in [1.54, 1.807) is 17.4 Å². The first kappa shape index (κ1) is 19.9. The Bertz CT molecular complexity index is 1380. The molecule has 7 nitrogen and oxygen atoms in total. The van der Waals surface area contributed by atoms with Gasteiger partial charge in [0.05, 0.1) is 16.6 Å². The van der Waals surface area contributed by atoms with Crippen LogP contribution in [0, 0.1) is 0 Å². The molecule has 0 spiro atoms. The maximum absolute atomic E-state index is 12.7. The highest BCUT2D eigenvalue weighted by Gasteiger charge is 2.15. The Morgan fingerprint density at radius 1 is 1.06 bits per heavy atom. The lowest BCUT2D eigenvalue weighted by Crippen LogP contribution is -2.26. The highest BCUT2D eigenvalue weighted by atomic mass is 32.1. The summed E-state index contributed by atoms with van der Waals surface area (Å²) in [6, 6.07) is 19.3. The SMILES string of the molecule is CC(NC(=O)/C=C/c1cn(-c2ccccc2)nc1-c1cccs1)c1nnc2ccccn12. The Morgan fingerprint density at radius 3 is 2.72 bits per heavy atom. The number of nitrogens with one attached hydrogen (secondary N) is 1. The first-order chi connectivity index (χ1) is 15.7. The number of hydrogen-bond acceptors (Lipinski definition) is 5. The predicted octanol–water partition coefficient (Wildman–Crippen LogP) is 4.53. The lowest BCUT2D eigenvalue weighted by Gasteiger charge is -2.10. The van der Waals surface area contributed by atoms with Crippen molar-refractivity contribution in [2.24, 2.45) is 0 Å². The second-order valence-corrected chi connectivity index (χ2v) is 8.19. The Labute approximate surface area is 188 Å². The molecule has 0 radical (unpaired) electrons. The number of amides is 1. The lowest BCUT2D eigenvalue weighted by atomic mass is 10.2. The van der Waals surface area contributed by atoms with Gasteiger partial charge in [0, 0.05) is 24.0 Å². The predicted molar refractivity (Wildman–Crippen MR) is 125 cm³/mol. The van der Waals surface area contributed by atoms with Crippen molar-refractivity contribution in [2.45, 2.75) is 13.0 Å². The normalized spacial score (nSPS) is 12.4. The molecule has 8 heteroatoms. The molecule has 158 valence electrons. The monoisotopic (exact) mass is 440 g/mol. The van der Waals surface area contributed by atoms with Crippen LogP contribution in [0.1, 0.15) is 24.4 Å². The first-order valence-electron chi connectivity index (χ1n) is 10.2. The maximum atomic E-state index is 12.7. The molecule has 1 unspecified atom stereocenters. The fourth-order valence-electron chi connectivity index (χ4n) is 3.47. The standard InChI is InChI=1S/C24H20N6OS/c1-17(24-27-26-21-11-5-6-14-29(21)24)25-22(31)13-12-18-16-30(19-8-3-2-4-9-19)28-23(18)20-10-7-15-32-20/h2-17H,1H3,(H,25,31)/b13-12+. The van der Waals surface area contributed by atoms with Crippen molar-refractivity contribution in [1.82, 2.24) is 29.7 Å². The van der Waals surface area contributed by atoms with E-state index >= 15 is 0 Å². The zero-order valence-electron chi connectivity index (χ0n) is 17.3. The molecule has 1 amide bonds. The molecule has 1 aromatic carbocycles. The van der Waals surface area contributed by atoms with Crippen LogP contribution in [0.15, 0.2) is 84.5 Å². The van der Waals surface area contributed by atoms with Crippen LogP contribution in [0.25, 0.3) is 28.0 Å². The molecule has 4 aromatic heterocycles. The number of para-hydroxylation sites is 1. The van der Waals surface area contributed by atoms with Crippen molar-refractivity contribution < 1.29 is 4.79 Å². The number of nitrogens with zero attached hydrogens (tertiary/aromatic N) is 5. The molecular formula is C24H20N6OS. The van der Waals surface area contributed by atoms with Gasteiger partial charge in [0.25, 0.3) is 0 Å². The van der Waals surface area contributed by atoms with Crippen molar-refractivity contribution in [3.8, 4) is 16.3 Å². The van der Waals surface area contributed by atoms with Crippen molar-refractivity contribution in [3.63, 3.8) is 0 Å². The minimum Gasteiger partial charge on any atom is -0.343 e. The van der Waals surface area contributed by atoms with E-state index in [4.69, 9.17) is 5.10 Å². The Hall–Kier alpha value is -4.04. The van der Waals surface area contributed by atoms with Crippen LogP contribution >= 0.6 is 11.3 Å². The summed E-state index contributed by atoms with van der Waals surface area (Å²) >= 11 is 1.61. The molecule has 0 aliphatic heterocycles. The van der Waals surface area contributed by atoms with Crippen LogP contribution in [-0.4, -0.2) is 30.3 Å². The quantitative estimate of drug-likeness (QED) is 0.394. The Balaban J connectivity index is 1.38. The molecule has 1 atom stereocenters. The summed E-state index contributed by atoms with van der Waals surface area (Å²) in [7, 11) is 0. The van der Waals surface area contributed by atoms with Crippen LogP contribution in [0.4, 0.5) is 0 Å². The average molecular weight is 441 g/mol. The van der Waals surface area contributed by atoms with Crippen molar-refractivity contribution in [3.05, 3.63) is 95.9 Å². The summed E-state index contributed by atoms with van der Waals surface area (Å²) in [6.07, 6.45) is 7.15. The van der Waals surface area contributed by atoms with E-state index in [1.165, 1.54) is 6.08 Å². The van der Waals surface area contributed by atoms with E-state index in [1.807, 2.05) is 94.4 Å². The molecular weight excluding hydrogens is 420 g/mol. The highest BCUT2D eigenvalue weighted by Crippen LogP contribution is 2.28. The first-order valence-corrected chi connectivity index (χ1v) is 11.0. The van der Waals surface area contributed by atoms with E-state index in [2.05, 4.69) is 15.5 Å². The number of carbonyl (C=O) groups excluding carboxylic acids is 1. The molecule has 0 bridgehead atoms. The summed E-state index contributed by atoms with van der Waals surface area (Å²) in [5.74, 6) is 0.466. The summed E-state index contributed by atoms with van der Waals surface area (Å²) in [5.41, 5.74) is 3.41. The molecule has 4 heterocycles. The number of aromatic nitrogens is 5. The van der Waals surface area contributed by atoms with Crippen molar-refractivity contribution in [1.29, 1.82) is 0 Å². The number of pyridine rings is 1. The Morgan fingerprint density at radius 2 is 1.91 bits per heavy atom. The smallest absolute Gasteiger partial charge is 0.244 e. The van der Waals surface area contributed by atoms with Gasteiger partial charge >= 0.3 is 0 Å². The van der Waals surface area contributed by atoms with Gasteiger partial charge in [-0.05, 0) is 48.7 Å². The summed E-state index contributed by atoms with van der Waals surface area (Å²) in [4.78, 5) is 13.7. The number of hydrogen-bond donors (Lipinski definition) is 1. The largest absolute Gasteiger partial charge is 0.343 e. The van der Waals surface area contributed by atoms with Crippen LogP contribution < -0.4 is 5.32 Å². The van der Waals surface area contributed by atoms with Gasteiger partial charge in [-0.25, -0.2) is 4.68 Å². The van der Waals surface area contributed by atoms with Gasteiger partial charge in [-0.15, -0.1) is 21.5 Å². The van der Waals surface area contributed by atoms with E-state index in [9.17, 15) is 4.79 Å². The third kappa shape index (κ3) is 3.95. The molecule has 0 saturated carbocycles. The van der Waals surface area contributed by atoms with Crippen LogP contribution in [-0.2, 0) is 4.79 Å². The molecule has 0 saturated heterocycles. The minimum absolute atomic E-state index is 0.213. The molecule has 5 rings (SSSR count). The second kappa shape index (κ2) is 8.60. The fourth-order valence-corrected chi connectivity index (χ4v) is 4.20. The van der Waals surface area contributed by atoms with Crippen LogP contribution in [0.3, 0.4) is 0 Å². The molecule has 5 aromatic rings. The second-order valence-electron chi connectivity index (χ2n) is 7.24. The maximum Gasteiger partial charge on any atom is 0.244 e. The fraction of sp³-hybridized carbons (Fsp3) is 0.0833. The minimum atomic E-state index is -0.298. The van der Waals surface area contributed by atoms with E-state index in [0.29, 0.717) is 5.82 Å². The van der Waals surface area contributed by atoms with Gasteiger partial charge in [-0.1, -0.05) is 30.3 Å². The van der Waals surface area contributed by atoms with Gasteiger partial charge in [-0.3, -0.25) is 9.20 Å². The molecule has 0 fully saturated rings. The van der Waals surface area contributed by atoms with E-state index < -0.39 is 0 Å². The molecule has 32 heavy (non-hydrogen) atoms. The summed E-state index contributed by atoms with van der Waals surface area (Å²) in [5, 5.41) is 18.1. The number of benzene rings is 1. The van der Waals surface area contributed by atoms with Crippen LogP contribution in [0.5, 0.6) is 0 Å². The molecule has 0 aliphatic rings. The van der Waals surface area contributed by atoms with E-state index in [-0.39, 0.29) is 11.9 Å². The highest BCUT2D eigenvalue weighted by molar-refractivity contribution is 7.13. The number of rotatable bonds is 6. The van der Waals surface area contributed by atoms with Gasteiger partial charge < -0.3 is 5.32 Å². The number of carbonyl (C=O) groups is 1. The van der Waals surface area contributed by atoms with Gasteiger partial charge in [0.1, 0.15) is 5.69 Å². The Kier molecular flexibility index (Phi) is 5.35. The van der Waals surface area contributed by atoms with Gasteiger partial charge in [0.15, 0.2) is 11.5 Å². The number of thiophene rings is 1. The van der Waals surface area contributed by atoms with E-state index in [0.717, 1.165) is 27.5 Å². The van der Waals surface area contributed by atoms with Gasteiger partial charge in [0.2, 0.25) is 5.91 Å². The van der Waals surface area contributed by atoms with Crippen LogP contribution in [0.2, 0.25) is 0 Å². The third-order valence-electron chi connectivity index (χ3n) is 5.02. The van der Waals surface area contributed by atoms with Crippen molar-refractivity contribution in [2.75, 3.05) is 0 Å². The third-order valence-corrected chi connectivity index (χ3v) is 5.89. The molecule has 1 N–H and O–H groups in total. The zero-order valence-corrected chi connectivity index (χ0v) is 18.1.